The number of hydrogen-bond donors (Lipinski definition) is 1. The maximum atomic E-state index is 16.0. The molecule has 6 unspecified atom stereocenters. The first-order valence-corrected chi connectivity index (χ1v) is 11.1. The molecule has 1 heterocycles. The zero-order chi connectivity index (χ0) is 29.4. The van der Waals surface area contributed by atoms with E-state index in [-0.39, 0.29) is 0 Å². The van der Waals surface area contributed by atoms with E-state index in [9.17, 15) is 33.6 Å². The van der Waals surface area contributed by atoms with Gasteiger partial charge >= 0.3 is 41.6 Å². The summed E-state index contributed by atoms with van der Waals surface area (Å²) < 4.78 is 51.4. The second-order valence-corrected chi connectivity index (χ2v) is 8.06. The molecular formula is C22H30FNO14. The number of hydrogen-bond acceptors (Lipinski definition) is 14. The highest BCUT2D eigenvalue weighted by molar-refractivity contribution is 5.83. The molecule has 1 aliphatic rings. The third-order valence-electron chi connectivity index (χ3n) is 4.87. The first kappa shape index (κ1) is 32.2. The van der Waals surface area contributed by atoms with E-state index in [4.69, 9.17) is 28.4 Å². The van der Waals surface area contributed by atoms with Gasteiger partial charge in [0.05, 0.1) is 13.2 Å². The number of carbonyl (C=O) groups is 7. The Morgan fingerprint density at radius 1 is 0.868 bits per heavy atom. The number of ether oxygens (including phenoxy) is 7. The first-order valence-electron chi connectivity index (χ1n) is 11.1. The predicted molar refractivity (Wildman–Crippen MR) is 117 cm³/mol. The summed E-state index contributed by atoms with van der Waals surface area (Å²) in [4.78, 5) is 84.0. The smallest absolute Gasteiger partial charge is 0.383 e. The zero-order valence-electron chi connectivity index (χ0n) is 21.8. The Bertz CT molecular complexity index is 954. The maximum absolute atomic E-state index is 16.0. The van der Waals surface area contributed by atoms with Gasteiger partial charge in [-0.3, -0.25) is 28.8 Å². The third kappa shape index (κ3) is 8.36. The van der Waals surface area contributed by atoms with Gasteiger partial charge in [-0.1, -0.05) is 0 Å². The van der Waals surface area contributed by atoms with Crippen LogP contribution in [0.5, 0.6) is 0 Å². The number of halogens is 1. The molecular weight excluding hydrogens is 521 g/mol. The van der Waals surface area contributed by atoms with E-state index in [0.29, 0.717) is 0 Å². The van der Waals surface area contributed by atoms with Gasteiger partial charge < -0.3 is 38.5 Å². The van der Waals surface area contributed by atoms with Crippen molar-refractivity contribution in [1.82, 2.24) is 5.32 Å². The van der Waals surface area contributed by atoms with Crippen molar-refractivity contribution < 1.29 is 71.1 Å². The molecule has 0 aromatic rings. The number of nitrogens with one attached hydrogen (secondary N) is 1. The Morgan fingerprint density at radius 3 is 1.87 bits per heavy atom. The van der Waals surface area contributed by atoms with E-state index in [0.717, 1.165) is 48.7 Å². The lowest BCUT2D eigenvalue weighted by Gasteiger charge is -2.49. The molecule has 16 heteroatoms. The fourth-order valence-electron chi connectivity index (χ4n) is 3.71. The van der Waals surface area contributed by atoms with E-state index in [1.54, 1.807) is 0 Å². The molecule has 1 rings (SSSR count). The maximum Gasteiger partial charge on any atom is 0.383 e. The molecule has 0 spiro atoms. The third-order valence-corrected chi connectivity index (χ3v) is 4.87. The van der Waals surface area contributed by atoms with Crippen LogP contribution in [-0.4, -0.2) is 97.9 Å². The number of carbonyl (C=O) groups excluding carboxylic acids is 7. The van der Waals surface area contributed by atoms with Gasteiger partial charge in [0, 0.05) is 41.5 Å². The summed E-state index contributed by atoms with van der Waals surface area (Å²) in [6, 6.07) is -1.75. The Kier molecular flexibility index (Phi) is 11.6. The van der Waals surface area contributed by atoms with Crippen LogP contribution in [0.3, 0.4) is 0 Å². The van der Waals surface area contributed by atoms with Crippen LogP contribution in [-0.2, 0) is 66.7 Å². The second kappa shape index (κ2) is 13.6. The summed E-state index contributed by atoms with van der Waals surface area (Å²) in [6.45, 7) is 4.89. The van der Waals surface area contributed by atoms with E-state index < -0.39 is 90.7 Å². The van der Waals surface area contributed by atoms with Crippen molar-refractivity contribution in [1.29, 1.82) is 0 Å². The minimum Gasteiger partial charge on any atom is -0.464 e. The van der Waals surface area contributed by atoms with Crippen molar-refractivity contribution in [3.05, 3.63) is 0 Å². The van der Waals surface area contributed by atoms with Gasteiger partial charge in [0.1, 0.15) is 12.7 Å². The normalized spacial score (nSPS) is 26.0. The number of esters is 6. The van der Waals surface area contributed by atoms with Gasteiger partial charge in [-0.05, 0) is 0 Å². The van der Waals surface area contributed by atoms with E-state index in [1.165, 1.54) is 0 Å². The quantitative estimate of drug-likeness (QED) is 0.257. The van der Waals surface area contributed by atoms with Crippen LogP contribution < -0.4 is 5.32 Å². The molecule has 0 aromatic carbocycles. The van der Waals surface area contributed by atoms with Crippen LogP contribution in [0.2, 0.25) is 0 Å². The Hall–Kier alpha value is -3.82. The molecule has 0 radical (unpaired) electrons. The summed E-state index contributed by atoms with van der Waals surface area (Å²) in [6.07, 6.45) is -10.4. The molecule has 7 atom stereocenters. The summed E-state index contributed by atoms with van der Waals surface area (Å²) in [5.41, 5.74) is 0. The number of methoxy groups -OCH3 is 1. The minimum absolute atomic E-state index is 0.740. The van der Waals surface area contributed by atoms with Crippen molar-refractivity contribution in [2.45, 2.75) is 84.0 Å². The first-order chi connectivity index (χ1) is 17.5. The summed E-state index contributed by atoms with van der Waals surface area (Å²) >= 11 is 0. The van der Waals surface area contributed by atoms with E-state index in [1.807, 2.05) is 0 Å². The van der Waals surface area contributed by atoms with Crippen molar-refractivity contribution in [2.75, 3.05) is 13.7 Å². The standard InChI is InChI=1S/C22H30FNO14/c1-9(25)24-16-18(17(35-12(4)28)15(34-11(3)27)8-33-10(2)26)38-22(21(31)32-7,37-14(6)30)20(23)19(16)36-13(5)29/h15-20H,8H2,1-7H3,(H,24,25)/t15?,16?,17?,18?,19?,20?,22-/m0/s1. The largest absolute Gasteiger partial charge is 0.464 e. The molecule has 1 amide bonds. The van der Waals surface area contributed by atoms with Gasteiger partial charge in [0.15, 0.2) is 18.3 Å². The van der Waals surface area contributed by atoms with Gasteiger partial charge in [-0.2, -0.15) is 0 Å². The van der Waals surface area contributed by atoms with Crippen LogP contribution >= 0.6 is 0 Å². The van der Waals surface area contributed by atoms with Crippen molar-refractivity contribution in [3.8, 4) is 0 Å². The van der Waals surface area contributed by atoms with Gasteiger partial charge in [0.25, 0.3) is 0 Å². The van der Waals surface area contributed by atoms with Crippen LogP contribution in [0.25, 0.3) is 0 Å². The Morgan fingerprint density at radius 2 is 1.45 bits per heavy atom. The highest BCUT2D eigenvalue weighted by Gasteiger charge is 2.67. The molecule has 1 fully saturated rings. The average molecular weight is 551 g/mol. The monoisotopic (exact) mass is 551 g/mol. The fourth-order valence-corrected chi connectivity index (χ4v) is 3.71. The lowest BCUT2D eigenvalue weighted by atomic mass is 9.86. The summed E-state index contributed by atoms with van der Waals surface area (Å²) in [5.74, 6) is -10.8. The average Bonchev–Trinajstić information content (AvgIpc) is 2.77. The molecule has 1 saturated heterocycles. The highest BCUT2D eigenvalue weighted by atomic mass is 19.1. The molecule has 0 bridgehead atoms. The zero-order valence-corrected chi connectivity index (χ0v) is 21.8. The summed E-state index contributed by atoms with van der Waals surface area (Å²) in [7, 11) is 0.811. The van der Waals surface area contributed by atoms with E-state index in [2.05, 4.69) is 10.1 Å². The fraction of sp³-hybridized carbons (Fsp3) is 0.682. The molecule has 38 heavy (non-hydrogen) atoms. The van der Waals surface area contributed by atoms with Crippen molar-refractivity contribution in [3.63, 3.8) is 0 Å². The molecule has 0 aromatic heterocycles. The Balaban J connectivity index is 3.93. The van der Waals surface area contributed by atoms with Gasteiger partial charge in [0.2, 0.25) is 12.1 Å². The molecule has 214 valence electrons. The lowest BCUT2D eigenvalue weighted by Crippen LogP contribution is -2.74. The van der Waals surface area contributed by atoms with Crippen molar-refractivity contribution in [2.24, 2.45) is 0 Å². The van der Waals surface area contributed by atoms with Crippen LogP contribution in [0.1, 0.15) is 41.5 Å². The SMILES string of the molecule is COC(=O)[C@@]1(OC(C)=O)OC(C(OC(C)=O)C(COC(C)=O)OC(C)=O)C(NC(C)=O)C(OC(C)=O)C1F. The van der Waals surface area contributed by atoms with Gasteiger partial charge in [-0.15, -0.1) is 0 Å². The molecule has 1 N–H and O–H groups in total. The summed E-state index contributed by atoms with van der Waals surface area (Å²) in [5, 5.41) is 2.28. The topological polar surface area (TPSA) is 196 Å². The van der Waals surface area contributed by atoms with Crippen LogP contribution in [0, 0.1) is 0 Å². The number of amides is 1. The van der Waals surface area contributed by atoms with E-state index >= 15 is 4.39 Å². The van der Waals surface area contributed by atoms with Crippen LogP contribution in [0.15, 0.2) is 0 Å². The minimum atomic E-state index is -3.25. The number of alkyl halides is 1. The second-order valence-electron chi connectivity index (χ2n) is 8.06. The van der Waals surface area contributed by atoms with Crippen molar-refractivity contribution >= 4 is 41.7 Å². The molecule has 1 aliphatic heterocycles. The lowest BCUT2D eigenvalue weighted by molar-refractivity contribution is -0.326. The van der Waals surface area contributed by atoms with Gasteiger partial charge in [-0.25, -0.2) is 9.18 Å². The van der Waals surface area contributed by atoms with Crippen LogP contribution in [0.4, 0.5) is 4.39 Å². The molecule has 0 aliphatic carbocycles. The Labute approximate surface area is 216 Å². The predicted octanol–water partition coefficient (Wildman–Crippen LogP) is -0.981. The molecule has 15 nitrogen and oxygen atoms in total. The number of rotatable bonds is 10. The highest BCUT2D eigenvalue weighted by Crippen LogP contribution is 2.39. The molecule has 0 saturated carbocycles.